The number of nitrogens with zero attached hydrogens (tertiary/aromatic N) is 1. The van der Waals surface area contributed by atoms with Crippen LogP contribution < -0.4 is 11.1 Å². The van der Waals surface area contributed by atoms with E-state index in [-0.39, 0.29) is 24.7 Å². The molecule has 0 saturated carbocycles. The van der Waals surface area contributed by atoms with Gasteiger partial charge in [-0.25, -0.2) is 4.79 Å². The first-order valence-electron chi connectivity index (χ1n) is 10.8. The number of nitrogens with two attached hydrogens (primary N) is 1. The number of carbonyl (C=O) groups excluding carboxylic acids is 2. The highest BCUT2D eigenvalue weighted by Gasteiger charge is 2.54. The van der Waals surface area contributed by atoms with E-state index in [0.717, 1.165) is 25.8 Å². The van der Waals surface area contributed by atoms with E-state index in [9.17, 15) is 9.59 Å². The van der Waals surface area contributed by atoms with Gasteiger partial charge in [-0.1, -0.05) is 6.08 Å². The first-order chi connectivity index (χ1) is 14.1. The third-order valence-corrected chi connectivity index (χ3v) is 5.15. The highest BCUT2D eigenvalue weighted by Crippen LogP contribution is 2.32. The van der Waals surface area contributed by atoms with Crippen LogP contribution in [-0.2, 0) is 19.1 Å². The first kappa shape index (κ1) is 26.1. The van der Waals surface area contributed by atoms with E-state index in [1.165, 1.54) is 0 Å². The standard InChI is InChI=1S/C22H40N4O4/c1-6-11-18(23)26(17-12-7-10-15-29-16-17)22(19(24)27,13-8-9-14-25-5)20(28)30-21(2,3)4/h6,17,23,25H,1,7-16H2,2-5H3,(H2,24,27)/t17?,22-/m0/s1. The van der Waals surface area contributed by atoms with Crippen LogP contribution in [0.3, 0.4) is 0 Å². The Hall–Kier alpha value is -1.93. The van der Waals surface area contributed by atoms with Crippen LogP contribution in [0.2, 0.25) is 0 Å². The van der Waals surface area contributed by atoms with Crippen LogP contribution in [0.5, 0.6) is 0 Å². The van der Waals surface area contributed by atoms with Crippen LogP contribution >= 0.6 is 0 Å². The molecule has 0 aromatic heterocycles. The molecular formula is C22H40N4O4. The molecule has 0 bridgehead atoms. The molecule has 0 spiro atoms. The summed E-state index contributed by atoms with van der Waals surface area (Å²) in [7, 11) is 1.85. The number of hydrogen-bond donors (Lipinski definition) is 3. The third kappa shape index (κ3) is 7.09. The molecule has 172 valence electrons. The largest absolute Gasteiger partial charge is 0.458 e. The molecule has 1 aliphatic heterocycles. The minimum absolute atomic E-state index is 0.124. The summed E-state index contributed by atoms with van der Waals surface area (Å²) in [4.78, 5) is 28.1. The van der Waals surface area contributed by atoms with Crippen LogP contribution in [0.15, 0.2) is 12.7 Å². The van der Waals surface area contributed by atoms with Gasteiger partial charge in [-0.2, -0.15) is 0 Å². The molecule has 1 unspecified atom stereocenters. The predicted octanol–water partition coefficient (Wildman–Crippen LogP) is 2.37. The minimum atomic E-state index is -1.76. The monoisotopic (exact) mass is 424 g/mol. The van der Waals surface area contributed by atoms with Crippen LogP contribution in [0, 0.1) is 5.41 Å². The second kappa shape index (κ2) is 12.1. The van der Waals surface area contributed by atoms with Gasteiger partial charge in [0.2, 0.25) is 5.54 Å². The number of unbranched alkanes of at least 4 members (excludes halogenated alkanes) is 1. The van der Waals surface area contributed by atoms with Crippen LogP contribution in [0.4, 0.5) is 0 Å². The number of carbonyl (C=O) groups is 2. The second-order valence-electron chi connectivity index (χ2n) is 8.82. The molecule has 8 heteroatoms. The number of hydrogen-bond acceptors (Lipinski definition) is 6. The Morgan fingerprint density at radius 3 is 2.60 bits per heavy atom. The smallest absolute Gasteiger partial charge is 0.342 e. The lowest BCUT2D eigenvalue weighted by atomic mass is 9.86. The van der Waals surface area contributed by atoms with E-state index in [0.29, 0.717) is 26.1 Å². The van der Waals surface area contributed by atoms with Gasteiger partial charge in [0.05, 0.1) is 12.6 Å². The van der Waals surface area contributed by atoms with Crippen molar-refractivity contribution < 1.29 is 19.1 Å². The number of amides is 1. The molecule has 1 aliphatic rings. The SMILES string of the molecule is C=CCC(=N)N(C1CCCCOC1)[C@@](CCCCNC)(C(N)=O)C(=O)OC(C)(C)C. The second-order valence-corrected chi connectivity index (χ2v) is 8.82. The molecule has 30 heavy (non-hydrogen) atoms. The molecular weight excluding hydrogens is 384 g/mol. The van der Waals surface area contributed by atoms with Crippen molar-refractivity contribution in [3.05, 3.63) is 12.7 Å². The van der Waals surface area contributed by atoms with Crippen LogP contribution in [-0.4, -0.2) is 66.6 Å². The van der Waals surface area contributed by atoms with Crippen molar-refractivity contribution in [3.8, 4) is 0 Å². The average Bonchev–Trinajstić information content (AvgIpc) is 2.91. The molecule has 0 radical (unpaired) electrons. The van der Waals surface area contributed by atoms with Gasteiger partial charge >= 0.3 is 5.97 Å². The Morgan fingerprint density at radius 2 is 2.03 bits per heavy atom. The van der Waals surface area contributed by atoms with E-state index < -0.39 is 23.0 Å². The van der Waals surface area contributed by atoms with Crippen LogP contribution in [0.1, 0.15) is 65.7 Å². The summed E-state index contributed by atoms with van der Waals surface area (Å²) in [6, 6.07) is -0.315. The zero-order chi connectivity index (χ0) is 22.8. The Morgan fingerprint density at radius 1 is 1.33 bits per heavy atom. The van der Waals surface area contributed by atoms with Gasteiger partial charge in [0.15, 0.2) is 0 Å². The van der Waals surface area contributed by atoms with Gasteiger partial charge in [0.25, 0.3) is 5.91 Å². The molecule has 8 nitrogen and oxygen atoms in total. The molecule has 1 rings (SSSR count). The highest BCUT2D eigenvalue weighted by molar-refractivity contribution is 6.10. The van der Waals surface area contributed by atoms with E-state index in [1.807, 2.05) is 7.05 Å². The number of ether oxygens (including phenoxy) is 2. The number of rotatable bonds is 11. The summed E-state index contributed by atoms with van der Waals surface area (Å²) < 4.78 is 11.4. The normalized spacial score (nSPS) is 19.3. The summed E-state index contributed by atoms with van der Waals surface area (Å²) in [5.74, 6) is -1.37. The fourth-order valence-corrected chi connectivity index (χ4v) is 3.80. The first-order valence-corrected chi connectivity index (χ1v) is 10.8. The minimum Gasteiger partial charge on any atom is -0.458 e. The van der Waals surface area contributed by atoms with E-state index in [4.69, 9.17) is 20.6 Å². The van der Waals surface area contributed by atoms with Gasteiger partial charge < -0.3 is 25.4 Å². The molecule has 0 aromatic rings. The van der Waals surface area contributed by atoms with Crippen molar-refractivity contribution in [2.75, 3.05) is 26.8 Å². The lowest BCUT2D eigenvalue weighted by Crippen LogP contribution is -2.68. The highest BCUT2D eigenvalue weighted by atomic mass is 16.6. The van der Waals surface area contributed by atoms with Crippen molar-refractivity contribution in [3.63, 3.8) is 0 Å². The van der Waals surface area contributed by atoms with Gasteiger partial charge in [-0.05, 0) is 72.9 Å². The Kier molecular flexibility index (Phi) is 10.5. The van der Waals surface area contributed by atoms with E-state index >= 15 is 0 Å². The quantitative estimate of drug-likeness (QED) is 0.117. The molecule has 1 fully saturated rings. The molecule has 1 heterocycles. The summed E-state index contributed by atoms with van der Waals surface area (Å²) >= 11 is 0. The van der Waals surface area contributed by atoms with Crippen molar-refractivity contribution in [2.45, 2.75) is 82.9 Å². The zero-order valence-electron chi connectivity index (χ0n) is 19.1. The Balaban J connectivity index is 3.49. The maximum absolute atomic E-state index is 13.5. The van der Waals surface area contributed by atoms with Gasteiger partial charge in [0.1, 0.15) is 11.4 Å². The molecule has 1 amide bonds. The fourth-order valence-electron chi connectivity index (χ4n) is 3.80. The zero-order valence-corrected chi connectivity index (χ0v) is 19.1. The molecule has 0 aromatic carbocycles. The summed E-state index contributed by atoms with van der Waals surface area (Å²) in [6.45, 7) is 10.7. The maximum Gasteiger partial charge on any atom is 0.342 e. The lowest BCUT2D eigenvalue weighted by molar-refractivity contribution is -0.173. The number of primary amides is 1. The lowest BCUT2D eigenvalue weighted by Gasteiger charge is -2.46. The molecule has 4 N–H and O–H groups in total. The Bertz CT molecular complexity index is 594. The van der Waals surface area contributed by atoms with Crippen LogP contribution in [0.25, 0.3) is 0 Å². The van der Waals surface area contributed by atoms with E-state index in [2.05, 4.69) is 11.9 Å². The van der Waals surface area contributed by atoms with Crippen molar-refractivity contribution >= 4 is 17.7 Å². The molecule has 2 atom stereocenters. The molecule has 0 aliphatic carbocycles. The maximum atomic E-state index is 13.5. The van der Waals surface area contributed by atoms with Crippen molar-refractivity contribution in [1.82, 2.24) is 10.2 Å². The van der Waals surface area contributed by atoms with Gasteiger partial charge in [-0.3, -0.25) is 10.2 Å². The number of nitrogens with one attached hydrogen (secondary N) is 2. The fraction of sp³-hybridized carbons (Fsp3) is 0.773. The number of amidine groups is 1. The third-order valence-electron chi connectivity index (χ3n) is 5.15. The average molecular weight is 425 g/mol. The number of esters is 1. The summed E-state index contributed by atoms with van der Waals surface area (Å²) in [5.41, 5.74) is 3.37. The van der Waals surface area contributed by atoms with Crippen molar-refractivity contribution in [2.24, 2.45) is 5.73 Å². The van der Waals surface area contributed by atoms with Gasteiger partial charge in [-0.15, -0.1) is 6.58 Å². The van der Waals surface area contributed by atoms with Crippen molar-refractivity contribution in [1.29, 1.82) is 5.41 Å². The Labute approximate surface area is 181 Å². The summed E-state index contributed by atoms with van der Waals surface area (Å²) in [6.07, 6.45) is 5.80. The molecule has 1 saturated heterocycles. The van der Waals surface area contributed by atoms with Gasteiger partial charge in [0, 0.05) is 13.0 Å². The topological polar surface area (TPSA) is 118 Å². The predicted molar refractivity (Wildman–Crippen MR) is 118 cm³/mol. The summed E-state index contributed by atoms with van der Waals surface area (Å²) in [5, 5.41) is 11.8. The van der Waals surface area contributed by atoms with E-state index in [1.54, 1.807) is 31.7 Å².